The number of hydrogen-bond donors (Lipinski definition) is 3. The number of carbonyl (C=O) groups is 4. The number of carbonyl (C=O) groups excluding carboxylic acids is 4. The summed E-state index contributed by atoms with van der Waals surface area (Å²) in [7, 11) is 0. The van der Waals surface area contributed by atoms with E-state index >= 15 is 0 Å². The molecule has 3 aliphatic rings. The molecule has 148 valence electrons. The number of nitrogens with one attached hydrogen (secondary N) is 2. The van der Waals surface area contributed by atoms with Gasteiger partial charge in [0.25, 0.3) is 11.8 Å². The fourth-order valence-electron chi connectivity index (χ4n) is 4.32. The molecule has 2 fully saturated rings. The van der Waals surface area contributed by atoms with Crippen LogP contribution >= 0.6 is 0 Å². The van der Waals surface area contributed by atoms with Gasteiger partial charge in [-0.25, -0.2) is 0 Å². The van der Waals surface area contributed by atoms with Gasteiger partial charge in [-0.3, -0.25) is 29.4 Å². The second-order valence-electron chi connectivity index (χ2n) is 7.95. The first-order chi connectivity index (χ1) is 13.5. The quantitative estimate of drug-likeness (QED) is 0.607. The zero-order valence-corrected chi connectivity index (χ0v) is 15.6. The Bertz CT molecular complexity index is 856. The molecule has 8 nitrogen and oxygen atoms in total. The van der Waals surface area contributed by atoms with Crippen LogP contribution in [0.4, 0.5) is 0 Å². The largest absolute Gasteiger partial charge is 0.330 e. The van der Waals surface area contributed by atoms with Crippen molar-refractivity contribution in [3.63, 3.8) is 0 Å². The van der Waals surface area contributed by atoms with E-state index in [1.54, 1.807) is 12.1 Å². The number of nitrogens with zero attached hydrogens (tertiary/aromatic N) is 1. The van der Waals surface area contributed by atoms with Gasteiger partial charge in [0.1, 0.15) is 6.04 Å². The average molecular weight is 384 g/mol. The molecule has 1 saturated carbocycles. The fraction of sp³-hybridized carbons (Fsp3) is 0.500. The molecule has 0 spiro atoms. The lowest BCUT2D eigenvalue weighted by atomic mass is 9.69. The zero-order valence-electron chi connectivity index (χ0n) is 15.6. The molecule has 0 radical (unpaired) electrons. The van der Waals surface area contributed by atoms with Crippen LogP contribution in [-0.2, 0) is 16.1 Å². The number of rotatable bonds is 6. The molecular weight excluding hydrogens is 360 g/mol. The molecule has 1 aromatic carbocycles. The monoisotopic (exact) mass is 384 g/mol. The summed E-state index contributed by atoms with van der Waals surface area (Å²) in [4.78, 5) is 50.4. The average Bonchev–Trinajstić information content (AvgIpc) is 2.89. The fourth-order valence-corrected chi connectivity index (χ4v) is 4.32. The summed E-state index contributed by atoms with van der Waals surface area (Å²) >= 11 is 0. The maximum Gasteiger partial charge on any atom is 0.262 e. The van der Waals surface area contributed by atoms with Crippen LogP contribution in [0.2, 0.25) is 0 Å². The Morgan fingerprint density at radius 2 is 1.96 bits per heavy atom. The summed E-state index contributed by atoms with van der Waals surface area (Å²) in [5, 5.41) is 5.59. The van der Waals surface area contributed by atoms with E-state index in [0.717, 1.165) is 29.8 Å². The van der Waals surface area contributed by atoms with E-state index in [-0.39, 0.29) is 24.2 Å². The molecule has 1 unspecified atom stereocenters. The van der Waals surface area contributed by atoms with Crippen molar-refractivity contribution in [2.75, 3.05) is 13.1 Å². The van der Waals surface area contributed by atoms with Gasteiger partial charge in [0.2, 0.25) is 11.8 Å². The molecule has 0 aromatic heterocycles. The van der Waals surface area contributed by atoms with Gasteiger partial charge in [-0.2, -0.15) is 0 Å². The van der Waals surface area contributed by atoms with Gasteiger partial charge >= 0.3 is 0 Å². The highest BCUT2D eigenvalue weighted by atomic mass is 16.2. The predicted octanol–water partition coefficient (Wildman–Crippen LogP) is 0.306. The van der Waals surface area contributed by atoms with E-state index in [1.807, 2.05) is 6.07 Å². The molecule has 1 aliphatic carbocycles. The van der Waals surface area contributed by atoms with E-state index in [4.69, 9.17) is 5.73 Å². The smallest absolute Gasteiger partial charge is 0.262 e. The number of fused-ring (bicyclic) bond motifs is 1. The van der Waals surface area contributed by atoms with E-state index in [0.29, 0.717) is 24.2 Å². The Labute approximate surface area is 162 Å². The second kappa shape index (κ2) is 7.10. The SMILES string of the molecule is NCC1(CNCc2cccc3c2C(=O)N(C2CCC(=O)NC2=O)C3=O)CCC1. The molecule has 1 saturated heterocycles. The van der Waals surface area contributed by atoms with Crippen molar-refractivity contribution in [1.29, 1.82) is 0 Å². The van der Waals surface area contributed by atoms with Crippen molar-refractivity contribution in [3.05, 3.63) is 34.9 Å². The van der Waals surface area contributed by atoms with Crippen LogP contribution in [0.15, 0.2) is 18.2 Å². The Morgan fingerprint density at radius 1 is 1.18 bits per heavy atom. The minimum Gasteiger partial charge on any atom is -0.330 e. The van der Waals surface area contributed by atoms with Gasteiger partial charge < -0.3 is 11.1 Å². The lowest BCUT2D eigenvalue weighted by Gasteiger charge is -2.41. The minimum atomic E-state index is -0.943. The number of amides is 4. The van der Waals surface area contributed by atoms with E-state index in [9.17, 15) is 19.2 Å². The molecule has 28 heavy (non-hydrogen) atoms. The van der Waals surface area contributed by atoms with Crippen molar-refractivity contribution in [2.45, 2.75) is 44.7 Å². The number of hydrogen-bond acceptors (Lipinski definition) is 6. The van der Waals surface area contributed by atoms with Crippen LogP contribution in [0.1, 0.15) is 58.4 Å². The number of piperidine rings is 1. The van der Waals surface area contributed by atoms with Gasteiger partial charge in [-0.15, -0.1) is 0 Å². The molecule has 1 atom stereocenters. The van der Waals surface area contributed by atoms with Crippen molar-refractivity contribution in [2.24, 2.45) is 11.1 Å². The molecule has 4 rings (SSSR count). The summed E-state index contributed by atoms with van der Waals surface area (Å²) in [6.45, 7) is 1.85. The highest BCUT2D eigenvalue weighted by molar-refractivity contribution is 6.24. The van der Waals surface area contributed by atoms with Crippen molar-refractivity contribution in [3.8, 4) is 0 Å². The van der Waals surface area contributed by atoms with Crippen LogP contribution in [0.25, 0.3) is 0 Å². The van der Waals surface area contributed by atoms with E-state index in [1.165, 1.54) is 6.42 Å². The Morgan fingerprint density at radius 3 is 2.61 bits per heavy atom. The van der Waals surface area contributed by atoms with E-state index < -0.39 is 23.8 Å². The Balaban J connectivity index is 1.52. The Kier molecular flexibility index (Phi) is 4.76. The first kappa shape index (κ1) is 18.8. The minimum absolute atomic E-state index is 0.111. The highest BCUT2D eigenvalue weighted by Crippen LogP contribution is 2.39. The molecule has 1 aromatic rings. The highest BCUT2D eigenvalue weighted by Gasteiger charge is 2.45. The molecule has 2 heterocycles. The Hall–Kier alpha value is -2.58. The first-order valence-corrected chi connectivity index (χ1v) is 9.70. The lowest BCUT2D eigenvalue weighted by molar-refractivity contribution is -0.136. The summed E-state index contributed by atoms with van der Waals surface area (Å²) in [6, 6.07) is 4.23. The number of nitrogens with two attached hydrogens (primary N) is 1. The first-order valence-electron chi connectivity index (χ1n) is 9.70. The summed E-state index contributed by atoms with van der Waals surface area (Å²) in [5.74, 6) is -1.93. The van der Waals surface area contributed by atoms with Gasteiger partial charge in [0, 0.05) is 19.5 Å². The van der Waals surface area contributed by atoms with Gasteiger partial charge in [0.15, 0.2) is 0 Å². The second-order valence-corrected chi connectivity index (χ2v) is 7.95. The van der Waals surface area contributed by atoms with Crippen LogP contribution < -0.4 is 16.4 Å². The number of imide groups is 2. The maximum atomic E-state index is 13.0. The van der Waals surface area contributed by atoms with Gasteiger partial charge in [0.05, 0.1) is 11.1 Å². The molecule has 0 bridgehead atoms. The summed E-state index contributed by atoms with van der Waals surface area (Å²) in [6.07, 6.45) is 3.66. The predicted molar refractivity (Wildman–Crippen MR) is 100 cm³/mol. The maximum absolute atomic E-state index is 13.0. The molecule has 4 N–H and O–H groups in total. The molecular formula is C20H24N4O4. The normalized spacial score (nSPS) is 23.5. The molecule has 8 heteroatoms. The molecule has 4 amide bonds. The topological polar surface area (TPSA) is 122 Å². The van der Waals surface area contributed by atoms with Crippen LogP contribution in [0.3, 0.4) is 0 Å². The van der Waals surface area contributed by atoms with Crippen molar-refractivity contribution < 1.29 is 19.2 Å². The van der Waals surface area contributed by atoms with Crippen LogP contribution in [0.5, 0.6) is 0 Å². The summed E-state index contributed by atoms with van der Waals surface area (Å²) in [5.41, 5.74) is 7.42. The lowest BCUT2D eigenvalue weighted by Crippen LogP contribution is -2.54. The number of benzene rings is 1. The van der Waals surface area contributed by atoms with Gasteiger partial charge in [-0.1, -0.05) is 18.6 Å². The van der Waals surface area contributed by atoms with E-state index in [2.05, 4.69) is 10.6 Å². The third-order valence-electron chi connectivity index (χ3n) is 6.22. The van der Waals surface area contributed by atoms with Crippen molar-refractivity contribution >= 4 is 23.6 Å². The van der Waals surface area contributed by atoms with Gasteiger partial charge in [-0.05, 0) is 42.9 Å². The molecule has 2 aliphatic heterocycles. The standard InChI is InChI=1S/C20H24N4O4/c21-10-20(7-2-8-20)11-22-9-12-3-1-4-13-16(12)19(28)24(18(13)27)14-5-6-15(25)23-17(14)26/h1,3-4,14,22H,2,5-11,21H2,(H,23,25,26). The zero-order chi connectivity index (χ0) is 19.9. The third kappa shape index (κ3) is 3.02. The third-order valence-corrected chi connectivity index (χ3v) is 6.22. The van der Waals surface area contributed by atoms with Crippen LogP contribution in [0, 0.1) is 5.41 Å². The van der Waals surface area contributed by atoms with Crippen LogP contribution in [-0.4, -0.2) is 47.7 Å². The summed E-state index contributed by atoms with van der Waals surface area (Å²) < 4.78 is 0. The van der Waals surface area contributed by atoms with Crippen molar-refractivity contribution in [1.82, 2.24) is 15.5 Å².